The van der Waals surface area contributed by atoms with Gasteiger partial charge in [0.15, 0.2) is 0 Å². The van der Waals surface area contributed by atoms with Crippen molar-refractivity contribution in [3.8, 4) is 5.75 Å². The van der Waals surface area contributed by atoms with Crippen LogP contribution in [0.3, 0.4) is 0 Å². The largest absolute Gasteiger partial charge is 0.488 e. The lowest BCUT2D eigenvalue weighted by atomic mass is 9.91. The number of aliphatic hydroxyl groups is 4. The molecule has 0 bridgehead atoms. The van der Waals surface area contributed by atoms with Crippen LogP contribution in [0, 0.1) is 0 Å². The van der Waals surface area contributed by atoms with Crippen LogP contribution >= 0.6 is 11.6 Å². The molecule has 4 N–H and O–H groups in total. The Labute approximate surface area is 193 Å². The fourth-order valence-corrected chi connectivity index (χ4v) is 3.83. The van der Waals surface area contributed by atoms with Gasteiger partial charge in [0, 0.05) is 11.5 Å². The standard InChI is InChI=1S/C24H31ClO7/c1-14(24-23(29)22(28)21(27)20(12-26)32-24)3-8-19(25)15(2)11-16-4-6-17(7-5-16)31-18-9-10-30-13-18/h3-8,18,20-24,26-29H,1,9-13H2,2H3/b8-3-,19-15-/t18-,20+,21+,22-,23+,24-/m0/s1. The van der Waals surface area contributed by atoms with Crippen molar-refractivity contribution in [2.24, 2.45) is 0 Å². The van der Waals surface area contributed by atoms with Gasteiger partial charge < -0.3 is 34.6 Å². The predicted octanol–water partition coefficient (Wildman–Crippen LogP) is 1.86. The molecule has 176 valence electrons. The van der Waals surface area contributed by atoms with Crippen LogP contribution in [0.2, 0.25) is 0 Å². The first-order valence-corrected chi connectivity index (χ1v) is 11.0. The maximum absolute atomic E-state index is 10.2. The van der Waals surface area contributed by atoms with E-state index in [1.165, 1.54) is 0 Å². The highest BCUT2D eigenvalue weighted by atomic mass is 35.5. The number of ether oxygens (including phenoxy) is 3. The normalized spacial score (nSPS) is 31.6. The molecule has 0 aliphatic carbocycles. The summed E-state index contributed by atoms with van der Waals surface area (Å²) in [4.78, 5) is 0. The number of aliphatic hydroxyl groups excluding tert-OH is 4. The Kier molecular flexibility index (Phi) is 8.90. The summed E-state index contributed by atoms with van der Waals surface area (Å²) in [6.07, 6.45) is -1.27. The molecular formula is C24H31ClO7. The van der Waals surface area contributed by atoms with Gasteiger partial charge in [-0.25, -0.2) is 0 Å². The summed E-state index contributed by atoms with van der Waals surface area (Å²) in [5.41, 5.74) is 2.38. The fraction of sp³-hybridized carbons (Fsp3) is 0.500. The number of hydrogen-bond acceptors (Lipinski definition) is 7. The lowest BCUT2D eigenvalue weighted by Crippen LogP contribution is -2.58. The molecule has 2 aliphatic heterocycles. The third-order valence-electron chi connectivity index (χ3n) is 5.69. The number of rotatable bonds is 8. The molecule has 6 atom stereocenters. The molecule has 0 spiro atoms. The van der Waals surface area contributed by atoms with Gasteiger partial charge in [-0.2, -0.15) is 0 Å². The van der Waals surface area contributed by atoms with E-state index in [1.807, 2.05) is 31.2 Å². The van der Waals surface area contributed by atoms with E-state index in [-0.39, 0.29) is 6.10 Å². The van der Waals surface area contributed by atoms with Gasteiger partial charge in [-0.1, -0.05) is 42.0 Å². The Morgan fingerprint density at radius 3 is 2.50 bits per heavy atom. The highest BCUT2D eigenvalue weighted by molar-refractivity contribution is 6.31. The third kappa shape index (κ3) is 6.20. The number of hydrogen-bond donors (Lipinski definition) is 4. The Morgan fingerprint density at radius 2 is 1.88 bits per heavy atom. The predicted molar refractivity (Wildman–Crippen MR) is 121 cm³/mol. The monoisotopic (exact) mass is 466 g/mol. The summed E-state index contributed by atoms with van der Waals surface area (Å²) < 4.78 is 16.7. The van der Waals surface area contributed by atoms with Crippen molar-refractivity contribution in [3.63, 3.8) is 0 Å². The molecule has 2 saturated heterocycles. The van der Waals surface area contributed by atoms with Gasteiger partial charge in [-0.3, -0.25) is 0 Å². The van der Waals surface area contributed by atoms with Crippen LogP contribution in [0.25, 0.3) is 0 Å². The second kappa shape index (κ2) is 11.4. The molecular weight excluding hydrogens is 436 g/mol. The number of benzene rings is 1. The summed E-state index contributed by atoms with van der Waals surface area (Å²) >= 11 is 6.43. The Hall–Kier alpha value is -1.71. The molecule has 7 nitrogen and oxygen atoms in total. The van der Waals surface area contributed by atoms with Gasteiger partial charge in [0.2, 0.25) is 0 Å². The van der Waals surface area contributed by atoms with Crippen LogP contribution in [-0.2, 0) is 15.9 Å². The van der Waals surface area contributed by atoms with E-state index in [0.29, 0.717) is 23.6 Å². The Balaban J connectivity index is 1.58. The van der Waals surface area contributed by atoms with Crippen LogP contribution in [0.5, 0.6) is 5.75 Å². The van der Waals surface area contributed by atoms with Crippen LogP contribution in [0.1, 0.15) is 18.9 Å². The lowest BCUT2D eigenvalue weighted by Gasteiger charge is -2.40. The molecule has 1 aromatic carbocycles. The first-order chi connectivity index (χ1) is 15.3. The molecule has 1 aromatic rings. The van der Waals surface area contributed by atoms with Gasteiger partial charge in [-0.05, 0) is 42.7 Å². The summed E-state index contributed by atoms with van der Waals surface area (Å²) in [6.45, 7) is 6.67. The quantitative estimate of drug-likeness (QED) is 0.433. The van der Waals surface area contributed by atoms with E-state index in [2.05, 4.69) is 6.58 Å². The maximum atomic E-state index is 10.2. The second-order valence-corrected chi connectivity index (χ2v) is 8.62. The minimum Gasteiger partial charge on any atom is -0.488 e. The van der Waals surface area contributed by atoms with Gasteiger partial charge in [0.25, 0.3) is 0 Å². The van der Waals surface area contributed by atoms with Gasteiger partial charge in [0.1, 0.15) is 42.4 Å². The second-order valence-electron chi connectivity index (χ2n) is 8.21. The van der Waals surface area contributed by atoms with Crippen molar-refractivity contribution >= 4 is 11.6 Å². The smallest absolute Gasteiger partial charge is 0.124 e. The van der Waals surface area contributed by atoms with Crippen LogP contribution in [0.15, 0.2) is 59.2 Å². The summed E-state index contributed by atoms with van der Waals surface area (Å²) in [5.74, 6) is 0.813. The van der Waals surface area contributed by atoms with Crippen molar-refractivity contribution in [2.75, 3.05) is 19.8 Å². The summed E-state index contributed by atoms with van der Waals surface area (Å²) in [5, 5.41) is 39.9. The maximum Gasteiger partial charge on any atom is 0.124 e. The van der Waals surface area contributed by atoms with E-state index >= 15 is 0 Å². The van der Waals surface area contributed by atoms with Crippen molar-refractivity contribution in [1.82, 2.24) is 0 Å². The summed E-state index contributed by atoms with van der Waals surface area (Å²) in [7, 11) is 0. The zero-order chi connectivity index (χ0) is 23.3. The molecule has 2 heterocycles. The minimum absolute atomic E-state index is 0.110. The zero-order valence-electron chi connectivity index (χ0n) is 18.1. The number of halogens is 1. The molecule has 32 heavy (non-hydrogen) atoms. The molecule has 3 rings (SSSR count). The molecule has 2 fully saturated rings. The minimum atomic E-state index is -1.45. The summed E-state index contributed by atoms with van der Waals surface area (Å²) in [6, 6.07) is 7.86. The van der Waals surface area contributed by atoms with E-state index in [1.54, 1.807) is 12.2 Å². The van der Waals surface area contributed by atoms with E-state index in [0.717, 1.165) is 29.9 Å². The lowest BCUT2D eigenvalue weighted by molar-refractivity contribution is -0.218. The van der Waals surface area contributed by atoms with Gasteiger partial charge in [0.05, 0.1) is 19.8 Å². The van der Waals surface area contributed by atoms with Crippen LogP contribution < -0.4 is 4.74 Å². The van der Waals surface area contributed by atoms with Crippen molar-refractivity contribution in [1.29, 1.82) is 0 Å². The van der Waals surface area contributed by atoms with Crippen molar-refractivity contribution in [2.45, 2.75) is 56.4 Å². The molecule has 0 aromatic heterocycles. The first kappa shape index (κ1) is 24.9. The zero-order valence-corrected chi connectivity index (χ0v) is 18.8. The first-order valence-electron chi connectivity index (χ1n) is 10.7. The fourth-order valence-electron chi connectivity index (χ4n) is 3.70. The van der Waals surface area contributed by atoms with Crippen molar-refractivity contribution in [3.05, 3.63) is 64.7 Å². The molecule has 2 aliphatic rings. The Bertz CT molecular complexity index is 827. The van der Waals surface area contributed by atoms with E-state index in [4.69, 9.17) is 25.8 Å². The molecule has 0 radical (unpaired) electrons. The van der Waals surface area contributed by atoms with Crippen LogP contribution in [0.4, 0.5) is 0 Å². The molecule has 0 saturated carbocycles. The molecule has 8 heteroatoms. The average molecular weight is 467 g/mol. The molecule has 0 unspecified atom stereocenters. The highest BCUT2D eigenvalue weighted by Gasteiger charge is 2.43. The van der Waals surface area contributed by atoms with E-state index in [9.17, 15) is 20.4 Å². The topological polar surface area (TPSA) is 109 Å². The van der Waals surface area contributed by atoms with Gasteiger partial charge >= 0.3 is 0 Å². The average Bonchev–Trinajstić information content (AvgIpc) is 3.30. The van der Waals surface area contributed by atoms with Gasteiger partial charge in [-0.15, -0.1) is 0 Å². The SMILES string of the molecule is C=C(/C=C\C(Cl)=C(/C)Cc1ccc(O[C@H]2CCOC2)cc1)[C@@H]1O[C@H](CO)[C@@H](O)[C@H](O)[C@H]1O. The Morgan fingerprint density at radius 1 is 1.16 bits per heavy atom. The highest BCUT2D eigenvalue weighted by Crippen LogP contribution is 2.27. The van der Waals surface area contributed by atoms with Crippen LogP contribution in [-0.4, -0.2) is 76.9 Å². The van der Waals surface area contributed by atoms with Crippen molar-refractivity contribution < 1.29 is 34.6 Å². The third-order valence-corrected chi connectivity index (χ3v) is 6.14. The number of allylic oxidation sites excluding steroid dienone is 3. The molecule has 0 amide bonds. The van der Waals surface area contributed by atoms with E-state index < -0.39 is 37.1 Å².